The van der Waals surface area contributed by atoms with E-state index in [9.17, 15) is 9.59 Å². The Morgan fingerprint density at radius 3 is 2.62 bits per heavy atom. The molecule has 1 aliphatic rings. The van der Waals surface area contributed by atoms with E-state index >= 15 is 0 Å². The lowest BCUT2D eigenvalue weighted by molar-refractivity contribution is -0.147. The summed E-state index contributed by atoms with van der Waals surface area (Å²) in [5, 5.41) is 8.88. The average molecular weight is 186 g/mol. The van der Waals surface area contributed by atoms with Crippen LogP contribution in [0.2, 0.25) is 0 Å². The number of likely N-dealkylation sites (tertiary alicyclic amines) is 1. The van der Waals surface area contributed by atoms with Crippen molar-refractivity contribution in [3.8, 4) is 0 Å². The Bertz CT molecular complexity index is 242. The Hall–Kier alpha value is -1.10. The number of nitrogens with zero attached hydrogens (tertiary/aromatic N) is 1. The fourth-order valence-corrected chi connectivity index (χ4v) is 1.48. The summed E-state index contributed by atoms with van der Waals surface area (Å²) in [6.07, 6.45) is 0.508. The molecule has 0 bridgehead atoms. The van der Waals surface area contributed by atoms with E-state index in [1.54, 1.807) is 6.92 Å². The van der Waals surface area contributed by atoms with Crippen molar-refractivity contribution in [1.82, 2.24) is 4.90 Å². The third kappa shape index (κ3) is 1.80. The molecule has 13 heavy (non-hydrogen) atoms. The van der Waals surface area contributed by atoms with Crippen molar-refractivity contribution < 1.29 is 14.7 Å². The van der Waals surface area contributed by atoms with E-state index in [1.165, 1.54) is 4.90 Å². The number of rotatable bonds is 2. The molecule has 74 valence electrons. The van der Waals surface area contributed by atoms with Crippen molar-refractivity contribution in [1.29, 1.82) is 0 Å². The summed E-state index contributed by atoms with van der Waals surface area (Å²) in [6.45, 7) is 2.38. The predicted octanol–water partition coefficient (Wildman–Crippen LogP) is -0.732. The van der Waals surface area contributed by atoms with Crippen LogP contribution in [-0.4, -0.2) is 41.5 Å². The molecule has 5 nitrogen and oxygen atoms in total. The number of carbonyl (C=O) groups is 2. The van der Waals surface area contributed by atoms with Gasteiger partial charge in [0.05, 0.1) is 12.0 Å². The van der Waals surface area contributed by atoms with Gasteiger partial charge in [0, 0.05) is 13.1 Å². The molecule has 1 rings (SSSR count). The van der Waals surface area contributed by atoms with E-state index in [2.05, 4.69) is 0 Å². The minimum absolute atomic E-state index is 0.0459. The van der Waals surface area contributed by atoms with Crippen molar-refractivity contribution in [2.24, 2.45) is 11.1 Å². The van der Waals surface area contributed by atoms with Gasteiger partial charge in [-0.3, -0.25) is 9.59 Å². The molecule has 0 aliphatic carbocycles. The summed E-state index contributed by atoms with van der Waals surface area (Å²) >= 11 is 0. The van der Waals surface area contributed by atoms with Gasteiger partial charge in [0.1, 0.15) is 0 Å². The highest BCUT2D eigenvalue weighted by molar-refractivity contribution is 5.81. The maximum atomic E-state index is 11.1. The minimum atomic E-state index is -0.847. The van der Waals surface area contributed by atoms with Gasteiger partial charge in [0.25, 0.3) is 0 Å². The number of carboxylic acid groups (broad SMARTS) is 1. The summed E-state index contributed by atoms with van der Waals surface area (Å²) in [5.41, 5.74) is 4.39. The van der Waals surface area contributed by atoms with E-state index in [0.29, 0.717) is 13.0 Å². The lowest BCUT2D eigenvalue weighted by atomic mass is 9.90. The van der Waals surface area contributed by atoms with E-state index in [0.717, 1.165) is 0 Å². The molecule has 3 N–H and O–H groups in total. The maximum absolute atomic E-state index is 11.1. The van der Waals surface area contributed by atoms with E-state index in [4.69, 9.17) is 10.8 Å². The number of amides is 1. The molecule has 1 unspecified atom stereocenters. The smallest absolute Gasteiger partial charge is 0.311 e. The van der Waals surface area contributed by atoms with Crippen LogP contribution in [0, 0.1) is 5.41 Å². The zero-order chi connectivity index (χ0) is 10.1. The van der Waals surface area contributed by atoms with Crippen LogP contribution in [0.4, 0.5) is 0 Å². The number of hydrogen-bond acceptors (Lipinski definition) is 3. The second kappa shape index (κ2) is 3.33. The number of aliphatic carboxylic acids is 1. The summed E-state index contributed by atoms with van der Waals surface area (Å²) in [7, 11) is 0. The van der Waals surface area contributed by atoms with Crippen LogP contribution >= 0.6 is 0 Å². The molecular weight excluding hydrogens is 172 g/mol. The molecule has 1 heterocycles. The van der Waals surface area contributed by atoms with Crippen LogP contribution in [0.25, 0.3) is 0 Å². The first kappa shape index (κ1) is 9.98. The normalized spacial score (nSPS) is 27.7. The zero-order valence-electron chi connectivity index (χ0n) is 7.62. The van der Waals surface area contributed by atoms with E-state index in [-0.39, 0.29) is 19.0 Å². The van der Waals surface area contributed by atoms with Gasteiger partial charge in [0.2, 0.25) is 5.91 Å². The van der Waals surface area contributed by atoms with Crippen molar-refractivity contribution in [3.63, 3.8) is 0 Å². The Kier molecular flexibility index (Phi) is 2.56. The summed E-state index contributed by atoms with van der Waals surface area (Å²) in [4.78, 5) is 23.5. The molecule has 0 spiro atoms. The minimum Gasteiger partial charge on any atom is -0.481 e. The molecule has 0 aromatic rings. The lowest BCUT2D eigenvalue weighted by Gasteiger charge is -2.19. The quantitative estimate of drug-likeness (QED) is 0.595. The number of carboxylic acids is 1. The van der Waals surface area contributed by atoms with Gasteiger partial charge in [-0.2, -0.15) is 0 Å². The zero-order valence-corrected chi connectivity index (χ0v) is 7.62. The number of nitrogens with two attached hydrogens (primary N) is 1. The van der Waals surface area contributed by atoms with Crippen molar-refractivity contribution >= 4 is 11.9 Å². The van der Waals surface area contributed by atoms with Crippen molar-refractivity contribution in [3.05, 3.63) is 0 Å². The molecular formula is C8H14N2O3. The number of carbonyl (C=O) groups excluding carboxylic acids is 1. The van der Waals surface area contributed by atoms with Crippen LogP contribution in [0.15, 0.2) is 0 Å². The Balaban J connectivity index is 2.63. The van der Waals surface area contributed by atoms with Gasteiger partial charge in [-0.15, -0.1) is 0 Å². The third-order valence-corrected chi connectivity index (χ3v) is 2.52. The first-order chi connectivity index (χ1) is 5.99. The molecule has 1 saturated heterocycles. The largest absolute Gasteiger partial charge is 0.481 e. The van der Waals surface area contributed by atoms with Gasteiger partial charge >= 0.3 is 5.97 Å². The maximum Gasteiger partial charge on any atom is 0.311 e. The Morgan fingerprint density at radius 2 is 2.23 bits per heavy atom. The van der Waals surface area contributed by atoms with Crippen LogP contribution in [0.1, 0.15) is 13.3 Å². The van der Waals surface area contributed by atoms with Gasteiger partial charge in [-0.05, 0) is 13.3 Å². The number of hydrogen-bond donors (Lipinski definition) is 2. The Labute approximate surface area is 76.5 Å². The lowest BCUT2D eigenvalue weighted by Crippen LogP contribution is -2.37. The summed E-state index contributed by atoms with van der Waals surface area (Å²) in [6, 6.07) is 0. The van der Waals surface area contributed by atoms with Crippen LogP contribution < -0.4 is 5.73 Å². The van der Waals surface area contributed by atoms with Gasteiger partial charge < -0.3 is 15.7 Å². The summed E-state index contributed by atoms with van der Waals surface area (Å²) < 4.78 is 0. The fourth-order valence-electron chi connectivity index (χ4n) is 1.48. The second-order valence-electron chi connectivity index (χ2n) is 3.64. The third-order valence-electron chi connectivity index (χ3n) is 2.52. The molecule has 1 atom stereocenters. The molecule has 0 radical (unpaired) electrons. The van der Waals surface area contributed by atoms with Crippen LogP contribution in [0.3, 0.4) is 0 Å². The molecule has 1 fully saturated rings. The second-order valence-corrected chi connectivity index (χ2v) is 3.64. The van der Waals surface area contributed by atoms with Crippen LogP contribution in [0.5, 0.6) is 0 Å². The predicted molar refractivity (Wildman–Crippen MR) is 46.0 cm³/mol. The standard InChI is InChI=1S/C8H14N2O3/c1-8(7(12)13)2-3-10(5-8)6(11)4-9/h2-5,9H2,1H3,(H,12,13). The summed E-state index contributed by atoms with van der Waals surface area (Å²) in [5.74, 6) is -1.02. The van der Waals surface area contributed by atoms with E-state index in [1.807, 2.05) is 0 Å². The van der Waals surface area contributed by atoms with Gasteiger partial charge in [0.15, 0.2) is 0 Å². The SMILES string of the molecule is CC1(C(=O)O)CCN(C(=O)CN)C1. The molecule has 0 saturated carbocycles. The molecule has 1 aliphatic heterocycles. The first-order valence-corrected chi connectivity index (χ1v) is 4.21. The average Bonchev–Trinajstić information content (AvgIpc) is 2.48. The van der Waals surface area contributed by atoms with Gasteiger partial charge in [-0.1, -0.05) is 0 Å². The monoisotopic (exact) mass is 186 g/mol. The van der Waals surface area contributed by atoms with E-state index < -0.39 is 11.4 Å². The Morgan fingerprint density at radius 1 is 1.62 bits per heavy atom. The molecule has 0 aromatic heterocycles. The van der Waals surface area contributed by atoms with Crippen LogP contribution in [-0.2, 0) is 9.59 Å². The highest BCUT2D eigenvalue weighted by Gasteiger charge is 2.41. The highest BCUT2D eigenvalue weighted by atomic mass is 16.4. The van der Waals surface area contributed by atoms with Gasteiger partial charge in [-0.25, -0.2) is 0 Å². The highest BCUT2D eigenvalue weighted by Crippen LogP contribution is 2.29. The first-order valence-electron chi connectivity index (χ1n) is 4.21. The van der Waals surface area contributed by atoms with Crippen molar-refractivity contribution in [2.45, 2.75) is 13.3 Å². The molecule has 1 amide bonds. The molecule has 5 heteroatoms. The fraction of sp³-hybridized carbons (Fsp3) is 0.750. The molecule has 0 aromatic carbocycles. The topological polar surface area (TPSA) is 83.6 Å². The van der Waals surface area contributed by atoms with Crippen molar-refractivity contribution in [2.75, 3.05) is 19.6 Å².